The second-order valence-electron chi connectivity index (χ2n) is 5.34. The van der Waals surface area contributed by atoms with Gasteiger partial charge in [0.15, 0.2) is 0 Å². The Bertz CT molecular complexity index is 299. The van der Waals surface area contributed by atoms with Gasteiger partial charge in [0.05, 0.1) is 5.92 Å². The minimum atomic E-state index is -0.826. The van der Waals surface area contributed by atoms with Gasteiger partial charge in [0.25, 0.3) is 0 Å². The van der Waals surface area contributed by atoms with Crippen molar-refractivity contribution in [1.29, 1.82) is 0 Å². The molecule has 0 aliphatic carbocycles. The molecular formula is C13H24N2O3. The number of carboxylic acids is 1. The first kappa shape index (κ1) is 15.0. The molecule has 18 heavy (non-hydrogen) atoms. The van der Waals surface area contributed by atoms with E-state index < -0.39 is 11.9 Å². The number of rotatable bonds is 6. The Kier molecular flexibility index (Phi) is 5.59. The van der Waals surface area contributed by atoms with Crippen LogP contribution in [-0.2, 0) is 9.59 Å². The van der Waals surface area contributed by atoms with E-state index in [4.69, 9.17) is 5.11 Å². The fraction of sp³-hybridized carbons (Fsp3) is 0.846. The molecule has 0 saturated carbocycles. The molecule has 1 unspecified atom stereocenters. The first-order valence-corrected chi connectivity index (χ1v) is 6.71. The van der Waals surface area contributed by atoms with Crippen LogP contribution in [0.1, 0.15) is 39.5 Å². The monoisotopic (exact) mass is 256 g/mol. The third-order valence-corrected chi connectivity index (χ3v) is 3.75. The van der Waals surface area contributed by atoms with E-state index in [1.165, 1.54) is 0 Å². The van der Waals surface area contributed by atoms with Crippen molar-refractivity contribution < 1.29 is 14.7 Å². The van der Waals surface area contributed by atoms with Crippen molar-refractivity contribution in [1.82, 2.24) is 10.6 Å². The lowest BCUT2D eigenvalue weighted by Gasteiger charge is -2.32. The van der Waals surface area contributed by atoms with Crippen molar-refractivity contribution in [2.24, 2.45) is 11.3 Å². The van der Waals surface area contributed by atoms with Gasteiger partial charge in [-0.1, -0.05) is 20.3 Å². The van der Waals surface area contributed by atoms with Crippen molar-refractivity contribution in [3.05, 3.63) is 0 Å². The number of hydrogen-bond donors (Lipinski definition) is 3. The van der Waals surface area contributed by atoms with E-state index in [1.807, 2.05) is 13.8 Å². The standard InChI is InChI=1S/C13H24N2O3/c1-3-4-10(11(16)17)9-15-12(18)13(2)5-7-14-8-6-13/h10,14H,3-9H2,1-2H3,(H,15,18)(H,16,17). The molecule has 1 fully saturated rings. The fourth-order valence-corrected chi connectivity index (χ4v) is 2.30. The van der Waals surface area contributed by atoms with Crippen LogP contribution in [0.5, 0.6) is 0 Å². The van der Waals surface area contributed by atoms with Gasteiger partial charge in [-0.05, 0) is 32.4 Å². The van der Waals surface area contributed by atoms with Gasteiger partial charge in [-0.3, -0.25) is 9.59 Å². The first-order chi connectivity index (χ1) is 8.49. The molecule has 0 radical (unpaired) electrons. The van der Waals surface area contributed by atoms with Crippen molar-refractivity contribution in [2.45, 2.75) is 39.5 Å². The van der Waals surface area contributed by atoms with E-state index in [-0.39, 0.29) is 17.9 Å². The van der Waals surface area contributed by atoms with Gasteiger partial charge in [0, 0.05) is 12.0 Å². The van der Waals surface area contributed by atoms with E-state index in [9.17, 15) is 9.59 Å². The second-order valence-corrected chi connectivity index (χ2v) is 5.34. The topological polar surface area (TPSA) is 78.4 Å². The molecule has 1 aliphatic rings. The number of hydrogen-bond acceptors (Lipinski definition) is 3. The molecule has 5 heteroatoms. The Labute approximate surface area is 108 Å². The highest BCUT2D eigenvalue weighted by atomic mass is 16.4. The Balaban J connectivity index is 2.45. The molecule has 1 amide bonds. The van der Waals surface area contributed by atoms with E-state index in [0.29, 0.717) is 6.42 Å². The van der Waals surface area contributed by atoms with Gasteiger partial charge < -0.3 is 15.7 Å². The number of nitrogens with one attached hydrogen (secondary N) is 2. The zero-order valence-corrected chi connectivity index (χ0v) is 11.3. The molecule has 0 aromatic heterocycles. The molecular weight excluding hydrogens is 232 g/mol. The van der Waals surface area contributed by atoms with Gasteiger partial charge >= 0.3 is 5.97 Å². The quantitative estimate of drug-likeness (QED) is 0.662. The van der Waals surface area contributed by atoms with Crippen LogP contribution in [0.4, 0.5) is 0 Å². The van der Waals surface area contributed by atoms with E-state index in [0.717, 1.165) is 32.4 Å². The molecule has 0 aromatic rings. The molecule has 104 valence electrons. The van der Waals surface area contributed by atoms with Crippen LogP contribution in [0.2, 0.25) is 0 Å². The Hall–Kier alpha value is -1.10. The average Bonchev–Trinajstić information content (AvgIpc) is 2.34. The third-order valence-electron chi connectivity index (χ3n) is 3.75. The number of carbonyl (C=O) groups excluding carboxylic acids is 1. The number of amides is 1. The van der Waals surface area contributed by atoms with Crippen LogP contribution in [0.25, 0.3) is 0 Å². The lowest BCUT2D eigenvalue weighted by molar-refractivity contribution is -0.142. The summed E-state index contributed by atoms with van der Waals surface area (Å²) in [4.78, 5) is 23.1. The Morgan fingerprint density at radius 1 is 1.39 bits per heavy atom. The summed E-state index contributed by atoms with van der Waals surface area (Å²) >= 11 is 0. The highest BCUT2D eigenvalue weighted by molar-refractivity contribution is 5.83. The van der Waals surface area contributed by atoms with Gasteiger partial charge in [-0.25, -0.2) is 0 Å². The largest absolute Gasteiger partial charge is 0.481 e. The van der Waals surface area contributed by atoms with Gasteiger partial charge in [0.1, 0.15) is 0 Å². The Morgan fingerprint density at radius 3 is 2.50 bits per heavy atom. The van der Waals surface area contributed by atoms with Gasteiger partial charge in [-0.15, -0.1) is 0 Å². The SMILES string of the molecule is CCCC(CNC(=O)C1(C)CCNCC1)C(=O)O. The van der Waals surface area contributed by atoms with Gasteiger partial charge in [-0.2, -0.15) is 0 Å². The molecule has 1 rings (SSSR count). The van der Waals surface area contributed by atoms with Crippen LogP contribution < -0.4 is 10.6 Å². The van der Waals surface area contributed by atoms with Crippen LogP contribution >= 0.6 is 0 Å². The highest BCUT2D eigenvalue weighted by Crippen LogP contribution is 2.27. The van der Waals surface area contributed by atoms with E-state index in [2.05, 4.69) is 10.6 Å². The summed E-state index contributed by atoms with van der Waals surface area (Å²) in [6, 6.07) is 0. The fourth-order valence-electron chi connectivity index (χ4n) is 2.30. The molecule has 5 nitrogen and oxygen atoms in total. The lowest BCUT2D eigenvalue weighted by atomic mass is 9.80. The predicted molar refractivity (Wildman–Crippen MR) is 69.3 cm³/mol. The van der Waals surface area contributed by atoms with Crippen molar-refractivity contribution in [3.63, 3.8) is 0 Å². The third kappa shape index (κ3) is 3.98. The number of aliphatic carboxylic acids is 1. The van der Waals surface area contributed by atoms with E-state index in [1.54, 1.807) is 0 Å². The maximum atomic E-state index is 12.1. The van der Waals surface area contributed by atoms with Crippen LogP contribution in [0, 0.1) is 11.3 Å². The molecule has 0 bridgehead atoms. The summed E-state index contributed by atoms with van der Waals surface area (Å²) in [6.07, 6.45) is 3.04. The maximum absolute atomic E-state index is 12.1. The smallest absolute Gasteiger partial charge is 0.308 e. The normalized spacial score (nSPS) is 20.1. The summed E-state index contributed by atoms with van der Waals surface area (Å²) in [7, 11) is 0. The minimum absolute atomic E-state index is 0.00801. The molecule has 3 N–H and O–H groups in total. The van der Waals surface area contributed by atoms with Crippen molar-refractivity contribution in [3.8, 4) is 0 Å². The summed E-state index contributed by atoms with van der Waals surface area (Å²) in [5.74, 6) is -1.30. The minimum Gasteiger partial charge on any atom is -0.481 e. The summed E-state index contributed by atoms with van der Waals surface area (Å²) in [5.41, 5.74) is -0.347. The second kappa shape index (κ2) is 6.73. The number of piperidine rings is 1. The predicted octanol–water partition coefficient (Wildman–Crippen LogP) is 0.993. The first-order valence-electron chi connectivity index (χ1n) is 6.71. The molecule has 1 atom stereocenters. The molecule has 0 aromatic carbocycles. The maximum Gasteiger partial charge on any atom is 0.308 e. The average molecular weight is 256 g/mol. The van der Waals surface area contributed by atoms with Gasteiger partial charge in [0.2, 0.25) is 5.91 Å². The zero-order chi connectivity index (χ0) is 13.6. The summed E-state index contributed by atoms with van der Waals surface area (Å²) < 4.78 is 0. The number of carboxylic acid groups (broad SMARTS) is 1. The molecule has 1 heterocycles. The molecule has 1 aliphatic heterocycles. The summed E-state index contributed by atoms with van der Waals surface area (Å²) in [6.45, 7) is 5.85. The van der Waals surface area contributed by atoms with E-state index >= 15 is 0 Å². The lowest BCUT2D eigenvalue weighted by Crippen LogP contribution is -2.47. The molecule has 1 saturated heterocycles. The van der Waals surface area contributed by atoms with Crippen LogP contribution in [-0.4, -0.2) is 36.6 Å². The Morgan fingerprint density at radius 2 is 2.00 bits per heavy atom. The van der Waals surface area contributed by atoms with Crippen LogP contribution in [0.15, 0.2) is 0 Å². The van der Waals surface area contributed by atoms with Crippen LogP contribution in [0.3, 0.4) is 0 Å². The van der Waals surface area contributed by atoms with Crippen molar-refractivity contribution >= 4 is 11.9 Å². The van der Waals surface area contributed by atoms with Crippen molar-refractivity contribution in [2.75, 3.05) is 19.6 Å². The summed E-state index contributed by atoms with van der Waals surface area (Å²) in [5, 5.41) is 15.1. The molecule has 0 spiro atoms. The zero-order valence-electron chi connectivity index (χ0n) is 11.3. The highest BCUT2D eigenvalue weighted by Gasteiger charge is 2.34. The number of carbonyl (C=O) groups is 2.